The van der Waals surface area contributed by atoms with Crippen molar-refractivity contribution >= 4 is 17.3 Å². The number of fused-ring (bicyclic) bond motifs is 1. The smallest absolute Gasteiger partial charge is 0.124 e. The molecular formula is C13H19ClN2O. The maximum atomic E-state index is 6.31. The molecule has 1 aliphatic heterocycles. The Morgan fingerprint density at radius 1 is 1.53 bits per heavy atom. The van der Waals surface area contributed by atoms with Gasteiger partial charge in [-0.05, 0) is 32.0 Å². The number of halogens is 1. The molecule has 0 aliphatic carbocycles. The molecule has 0 aromatic heterocycles. The molecule has 0 fully saturated rings. The average Bonchev–Trinajstić information content (AvgIpc) is 2.33. The van der Waals surface area contributed by atoms with Gasteiger partial charge in [-0.1, -0.05) is 11.6 Å². The van der Waals surface area contributed by atoms with Gasteiger partial charge in [-0.3, -0.25) is 0 Å². The molecule has 2 rings (SSSR count). The van der Waals surface area contributed by atoms with Gasteiger partial charge in [0.05, 0.1) is 17.8 Å². The van der Waals surface area contributed by atoms with Crippen LogP contribution in [0, 0.1) is 0 Å². The van der Waals surface area contributed by atoms with Crippen molar-refractivity contribution in [1.82, 2.24) is 5.32 Å². The van der Waals surface area contributed by atoms with Crippen LogP contribution < -0.4 is 15.0 Å². The molecule has 1 unspecified atom stereocenters. The van der Waals surface area contributed by atoms with Gasteiger partial charge in [0.25, 0.3) is 0 Å². The molecule has 0 amide bonds. The third-order valence-electron chi connectivity index (χ3n) is 3.48. The van der Waals surface area contributed by atoms with Gasteiger partial charge in [0, 0.05) is 25.2 Å². The van der Waals surface area contributed by atoms with Gasteiger partial charge in [-0.15, -0.1) is 0 Å². The minimum absolute atomic E-state index is 0.497. The molecule has 3 nitrogen and oxygen atoms in total. The van der Waals surface area contributed by atoms with E-state index in [2.05, 4.69) is 17.3 Å². The van der Waals surface area contributed by atoms with Gasteiger partial charge < -0.3 is 15.0 Å². The van der Waals surface area contributed by atoms with E-state index in [1.54, 1.807) is 7.11 Å². The van der Waals surface area contributed by atoms with Crippen LogP contribution in [0.3, 0.4) is 0 Å². The number of nitrogens with zero attached hydrogens (tertiary/aromatic N) is 1. The monoisotopic (exact) mass is 254 g/mol. The fourth-order valence-electron chi connectivity index (χ4n) is 2.57. The first-order valence-electron chi connectivity index (χ1n) is 5.91. The molecule has 1 heterocycles. The van der Waals surface area contributed by atoms with Crippen molar-refractivity contribution in [2.24, 2.45) is 0 Å². The number of rotatable bonds is 3. The van der Waals surface area contributed by atoms with Gasteiger partial charge in [-0.2, -0.15) is 0 Å². The molecule has 1 aromatic rings. The standard InChI is InChI=1S/C13H19ClN2O/c1-15-8-9-4-5-10-12(17-3)7-6-11(14)13(10)16(9)2/h6-7,9,15H,4-5,8H2,1-3H3. The SMILES string of the molecule is CNCC1CCc2c(OC)ccc(Cl)c2N1C. The number of ether oxygens (including phenoxy) is 1. The third-order valence-corrected chi connectivity index (χ3v) is 3.78. The van der Waals surface area contributed by atoms with E-state index in [1.165, 1.54) is 5.56 Å². The number of benzene rings is 1. The first-order chi connectivity index (χ1) is 8.19. The van der Waals surface area contributed by atoms with Crippen molar-refractivity contribution in [2.45, 2.75) is 18.9 Å². The Labute approximate surface area is 108 Å². The fourth-order valence-corrected chi connectivity index (χ4v) is 2.88. The topological polar surface area (TPSA) is 24.5 Å². The van der Waals surface area contributed by atoms with E-state index in [9.17, 15) is 0 Å². The summed E-state index contributed by atoms with van der Waals surface area (Å²) in [4.78, 5) is 2.26. The molecule has 1 aliphatic rings. The van der Waals surface area contributed by atoms with E-state index in [1.807, 2.05) is 19.2 Å². The number of hydrogen-bond acceptors (Lipinski definition) is 3. The van der Waals surface area contributed by atoms with Crippen molar-refractivity contribution in [3.63, 3.8) is 0 Å². The first kappa shape index (κ1) is 12.5. The number of methoxy groups -OCH3 is 1. The van der Waals surface area contributed by atoms with Crippen LogP contribution in [0.2, 0.25) is 5.02 Å². The number of anilines is 1. The lowest BCUT2D eigenvalue weighted by Gasteiger charge is -2.37. The summed E-state index contributed by atoms with van der Waals surface area (Å²) in [5, 5.41) is 4.04. The van der Waals surface area contributed by atoms with Crippen LogP contribution in [0.15, 0.2) is 12.1 Å². The van der Waals surface area contributed by atoms with Crippen LogP contribution in [-0.2, 0) is 6.42 Å². The van der Waals surface area contributed by atoms with Gasteiger partial charge in [0.1, 0.15) is 5.75 Å². The summed E-state index contributed by atoms with van der Waals surface area (Å²) in [5.74, 6) is 0.944. The Kier molecular flexibility index (Phi) is 3.79. The number of hydrogen-bond donors (Lipinski definition) is 1. The Morgan fingerprint density at radius 3 is 2.94 bits per heavy atom. The van der Waals surface area contributed by atoms with E-state index in [-0.39, 0.29) is 0 Å². The average molecular weight is 255 g/mol. The summed E-state index contributed by atoms with van der Waals surface area (Å²) in [6, 6.07) is 4.36. The van der Waals surface area contributed by atoms with Crippen molar-refractivity contribution < 1.29 is 4.74 Å². The summed E-state index contributed by atoms with van der Waals surface area (Å²) in [6.45, 7) is 0.976. The second-order valence-corrected chi connectivity index (χ2v) is 4.85. The minimum atomic E-state index is 0.497. The molecular weight excluding hydrogens is 236 g/mol. The highest BCUT2D eigenvalue weighted by Gasteiger charge is 2.27. The lowest BCUT2D eigenvalue weighted by Crippen LogP contribution is -2.42. The van der Waals surface area contributed by atoms with Crippen molar-refractivity contribution in [3.05, 3.63) is 22.7 Å². The second-order valence-electron chi connectivity index (χ2n) is 4.44. The predicted molar refractivity (Wildman–Crippen MR) is 72.4 cm³/mol. The van der Waals surface area contributed by atoms with Crippen LogP contribution in [-0.4, -0.2) is 33.8 Å². The lowest BCUT2D eigenvalue weighted by molar-refractivity contribution is 0.404. The van der Waals surface area contributed by atoms with Crippen molar-refractivity contribution in [2.75, 3.05) is 32.6 Å². The number of likely N-dealkylation sites (N-methyl/N-ethyl adjacent to an activating group) is 2. The largest absolute Gasteiger partial charge is 0.496 e. The quantitative estimate of drug-likeness (QED) is 0.896. The summed E-state index contributed by atoms with van der Waals surface area (Å²) in [7, 11) is 5.80. The van der Waals surface area contributed by atoms with E-state index in [0.717, 1.165) is 35.8 Å². The lowest BCUT2D eigenvalue weighted by atomic mass is 9.95. The highest BCUT2D eigenvalue weighted by molar-refractivity contribution is 6.33. The van der Waals surface area contributed by atoms with E-state index < -0.39 is 0 Å². The van der Waals surface area contributed by atoms with Crippen LogP contribution in [0.4, 0.5) is 5.69 Å². The third kappa shape index (κ3) is 2.22. The highest BCUT2D eigenvalue weighted by Crippen LogP contribution is 2.40. The summed E-state index contributed by atoms with van der Waals surface area (Å²) in [6.07, 6.45) is 2.15. The molecule has 0 saturated heterocycles. The fraction of sp³-hybridized carbons (Fsp3) is 0.538. The zero-order valence-corrected chi connectivity index (χ0v) is 11.3. The molecule has 17 heavy (non-hydrogen) atoms. The van der Waals surface area contributed by atoms with Crippen molar-refractivity contribution in [3.8, 4) is 5.75 Å². The maximum Gasteiger partial charge on any atom is 0.124 e. The molecule has 0 radical (unpaired) electrons. The van der Waals surface area contributed by atoms with Crippen molar-refractivity contribution in [1.29, 1.82) is 0 Å². The molecule has 0 spiro atoms. The molecule has 1 atom stereocenters. The minimum Gasteiger partial charge on any atom is -0.496 e. The Bertz CT molecular complexity index is 409. The molecule has 4 heteroatoms. The molecule has 0 bridgehead atoms. The van der Waals surface area contributed by atoms with Gasteiger partial charge in [-0.25, -0.2) is 0 Å². The summed E-state index contributed by atoms with van der Waals surface area (Å²) >= 11 is 6.31. The van der Waals surface area contributed by atoms with Crippen LogP contribution in [0.25, 0.3) is 0 Å². The number of nitrogens with one attached hydrogen (secondary N) is 1. The predicted octanol–water partition coefficient (Wildman–Crippen LogP) is 2.32. The Morgan fingerprint density at radius 2 is 2.29 bits per heavy atom. The maximum absolute atomic E-state index is 6.31. The summed E-state index contributed by atoms with van der Waals surface area (Å²) in [5.41, 5.74) is 2.35. The Balaban J connectivity index is 2.41. The Hall–Kier alpha value is -0.930. The van der Waals surface area contributed by atoms with Gasteiger partial charge in [0.2, 0.25) is 0 Å². The van der Waals surface area contributed by atoms with Gasteiger partial charge in [0.15, 0.2) is 0 Å². The summed E-state index contributed by atoms with van der Waals surface area (Å²) < 4.78 is 5.41. The van der Waals surface area contributed by atoms with Crippen LogP contribution >= 0.6 is 11.6 Å². The highest BCUT2D eigenvalue weighted by atomic mass is 35.5. The zero-order valence-electron chi connectivity index (χ0n) is 10.6. The first-order valence-corrected chi connectivity index (χ1v) is 6.29. The van der Waals surface area contributed by atoms with E-state index >= 15 is 0 Å². The van der Waals surface area contributed by atoms with Gasteiger partial charge >= 0.3 is 0 Å². The van der Waals surface area contributed by atoms with Crippen LogP contribution in [0.5, 0.6) is 5.75 Å². The molecule has 1 aromatic carbocycles. The second kappa shape index (κ2) is 5.15. The molecule has 0 saturated carbocycles. The van der Waals surface area contributed by atoms with E-state index in [0.29, 0.717) is 6.04 Å². The van der Waals surface area contributed by atoms with E-state index in [4.69, 9.17) is 16.3 Å². The van der Waals surface area contributed by atoms with Crippen LogP contribution in [0.1, 0.15) is 12.0 Å². The molecule has 94 valence electrons. The normalized spacial score (nSPS) is 19.1. The molecule has 1 N–H and O–H groups in total. The zero-order chi connectivity index (χ0) is 12.4.